The van der Waals surface area contributed by atoms with Crippen molar-refractivity contribution in [3.8, 4) is 0 Å². The molecule has 1 atom stereocenters. The molecule has 0 bridgehead atoms. The maximum absolute atomic E-state index is 6.45. The molecule has 5 heteroatoms. The Balaban J connectivity index is 1.73. The largest absolute Gasteiger partial charge is 0.402 e. The van der Waals surface area contributed by atoms with Crippen LogP contribution in [0.3, 0.4) is 0 Å². The molecule has 2 heterocycles. The summed E-state index contributed by atoms with van der Waals surface area (Å²) in [6.45, 7) is 12.3. The van der Waals surface area contributed by atoms with Gasteiger partial charge in [0, 0.05) is 40.5 Å². The Morgan fingerprint density at radius 3 is 2.64 bits per heavy atom. The topological polar surface area (TPSA) is 41.6 Å². The Labute approximate surface area is 205 Å². The zero-order valence-corrected chi connectivity index (χ0v) is 20.4. The molecule has 168 valence electrons. The fourth-order valence-electron chi connectivity index (χ4n) is 4.25. The number of allylic oxidation sites excluding steroid dienone is 3. The minimum Gasteiger partial charge on any atom is -0.402 e. The summed E-state index contributed by atoms with van der Waals surface area (Å²) in [5.41, 5.74) is 13.7. The summed E-state index contributed by atoms with van der Waals surface area (Å²) >= 11 is 8.09. The number of benzene rings is 2. The van der Waals surface area contributed by atoms with Crippen molar-refractivity contribution in [1.29, 1.82) is 0 Å². The Hall–Kier alpha value is -3.08. The first-order valence-corrected chi connectivity index (χ1v) is 12.1. The molecule has 3 aromatic rings. The first-order valence-electron chi connectivity index (χ1n) is 10.9. The molecule has 3 nitrogen and oxygen atoms in total. The Kier molecular flexibility index (Phi) is 7.17. The van der Waals surface area contributed by atoms with E-state index in [0.717, 1.165) is 40.0 Å². The molecule has 1 aliphatic rings. The Morgan fingerprint density at radius 2 is 1.91 bits per heavy atom. The van der Waals surface area contributed by atoms with E-state index in [4.69, 9.17) is 22.3 Å². The van der Waals surface area contributed by atoms with Crippen molar-refractivity contribution in [2.24, 2.45) is 10.7 Å². The van der Waals surface area contributed by atoms with Crippen molar-refractivity contribution in [2.45, 2.75) is 25.9 Å². The van der Waals surface area contributed by atoms with Crippen molar-refractivity contribution < 1.29 is 0 Å². The second-order valence-electron chi connectivity index (χ2n) is 8.20. The van der Waals surface area contributed by atoms with E-state index < -0.39 is 0 Å². The Morgan fingerprint density at radius 1 is 1.18 bits per heavy atom. The molecular weight excluding hydrogens is 446 g/mol. The predicted octanol–water partition coefficient (Wildman–Crippen LogP) is 7.01. The van der Waals surface area contributed by atoms with Crippen molar-refractivity contribution >= 4 is 34.7 Å². The summed E-state index contributed by atoms with van der Waals surface area (Å²) in [4.78, 5) is 8.25. The molecule has 0 fully saturated rings. The van der Waals surface area contributed by atoms with Crippen LogP contribution in [-0.2, 0) is 13.1 Å². The maximum atomic E-state index is 6.45. The van der Waals surface area contributed by atoms with Gasteiger partial charge in [0.25, 0.3) is 0 Å². The molecule has 0 saturated heterocycles. The fraction of sp³-hybridized carbons (Fsp3) is 0.179. The number of aliphatic imine (C=N–C) groups is 1. The van der Waals surface area contributed by atoms with Crippen LogP contribution in [0.2, 0.25) is 4.34 Å². The van der Waals surface area contributed by atoms with Gasteiger partial charge in [-0.05, 0) is 41.3 Å². The summed E-state index contributed by atoms with van der Waals surface area (Å²) in [5, 5.41) is 0. The molecule has 0 aliphatic carbocycles. The van der Waals surface area contributed by atoms with Crippen LogP contribution in [0.4, 0.5) is 0 Å². The smallest absolute Gasteiger partial charge is 0.0934 e. The molecule has 33 heavy (non-hydrogen) atoms. The number of nitrogens with two attached hydrogens (primary N) is 1. The first kappa shape index (κ1) is 23.1. The molecule has 1 aliphatic heterocycles. The fourth-order valence-corrected chi connectivity index (χ4v) is 5.61. The quantitative estimate of drug-likeness (QED) is 0.296. The number of hydrogen-bond donors (Lipinski definition) is 1. The number of nitrogens with zero attached hydrogens (tertiary/aromatic N) is 2. The van der Waals surface area contributed by atoms with Gasteiger partial charge in [-0.2, -0.15) is 0 Å². The highest BCUT2D eigenvalue weighted by atomic mass is 35.5. The molecule has 2 N–H and O–H groups in total. The minimum absolute atomic E-state index is 0.141. The molecule has 4 rings (SSSR count). The van der Waals surface area contributed by atoms with Gasteiger partial charge in [0.1, 0.15) is 0 Å². The van der Waals surface area contributed by atoms with Crippen LogP contribution in [0.15, 0.2) is 96.3 Å². The molecule has 0 spiro atoms. The lowest BCUT2D eigenvalue weighted by Gasteiger charge is -2.35. The molecule has 2 aromatic carbocycles. The maximum Gasteiger partial charge on any atom is 0.0934 e. The molecule has 1 unspecified atom stereocenters. The van der Waals surface area contributed by atoms with E-state index >= 15 is 0 Å². The van der Waals surface area contributed by atoms with Crippen molar-refractivity contribution in [3.63, 3.8) is 0 Å². The van der Waals surface area contributed by atoms with Crippen LogP contribution in [0.5, 0.6) is 0 Å². The van der Waals surface area contributed by atoms with Crippen LogP contribution >= 0.6 is 22.9 Å². The van der Waals surface area contributed by atoms with Gasteiger partial charge in [0.05, 0.1) is 17.4 Å². The molecular formula is C28H28ClN3S. The summed E-state index contributed by atoms with van der Waals surface area (Å²) < 4.78 is 0.809. The van der Waals surface area contributed by atoms with E-state index in [1.165, 1.54) is 21.6 Å². The average Bonchev–Trinajstić information content (AvgIpc) is 3.21. The number of thiophene rings is 1. The highest BCUT2D eigenvalue weighted by Crippen LogP contribution is 2.42. The SMILES string of the molecule is C=CC(=C)N1Cc2sc(Cl)cc2C(c2ccccc2/C(C=NCc2ccccc2)=C(\C)N)C1. The van der Waals surface area contributed by atoms with Gasteiger partial charge < -0.3 is 10.6 Å². The minimum atomic E-state index is 0.141. The highest BCUT2D eigenvalue weighted by molar-refractivity contribution is 7.16. The van der Waals surface area contributed by atoms with Gasteiger partial charge in [-0.3, -0.25) is 4.99 Å². The number of hydrogen-bond acceptors (Lipinski definition) is 4. The lowest BCUT2D eigenvalue weighted by atomic mass is 9.83. The number of rotatable bonds is 7. The molecule has 1 aromatic heterocycles. The van der Waals surface area contributed by atoms with E-state index in [1.807, 2.05) is 37.4 Å². The van der Waals surface area contributed by atoms with Crippen LogP contribution in [0.25, 0.3) is 5.57 Å². The zero-order chi connectivity index (χ0) is 23.4. The van der Waals surface area contributed by atoms with Gasteiger partial charge in [0.15, 0.2) is 0 Å². The third-order valence-corrected chi connectivity index (χ3v) is 7.22. The van der Waals surface area contributed by atoms with E-state index in [9.17, 15) is 0 Å². The second-order valence-corrected chi connectivity index (χ2v) is 9.96. The third kappa shape index (κ3) is 5.13. The first-order chi connectivity index (χ1) is 16.0. The van der Waals surface area contributed by atoms with Crippen molar-refractivity contribution in [1.82, 2.24) is 4.90 Å². The van der Waals surface area contributed by atoms with Crippen LogP contribution in [0.1, 0.15) is 40.0 Å². The lowest BCUT2D eigenvalue weighted by Crippen LogP contribution is -2.32. The molecule has 0 radical (unpaired) electrons. The van der Waals surface area contributed by atoms with Crippen LogP contribution in [0, 0.1) is 0 Å². The second kappa shape index (κ2) is 10.2. The van der Waals surface area contributed by atoms with Crippen molar-refractivity contribution in [2.75, 3.05) is 6.54 Å². The standard InChI is InChI=1S/C28H28ClN3S/c1-4-19(2)32-17-26(24-14-28(29)33-27(24)18-32)23-13-9-8-12-22(23)25(20(3)30)16-31-15-21-10-6-5-7-11-21/h4-14,16,26H,1-2,15,17-18,30H2,3H3/b25-20+,31-16?. The van der Waals surface area contributed by atoms with Gasteiger partial charge >= 0.3 is 0 Å². The van der Waals surface area contributed by atoms with E-state index in [2.05, 4.69) is 60.5 Å². The zero-order valence-electron chi connectivity index (χ0n) is 18.8. The summed E-state index contributed by atoms with van der Waals surface area (Å²) in [6, 6.07) is 20.8. The van der Waals surface area contributed by atoms with Crippen LogP contribution in [-0.4, -0.2) is 17.7 Å². The Bertz CT molecular complexity index is 1220. The number of fused-ring (bicyclic) bond motifs is 1. The van der Waals surface area contributed by atoms with Crippen molar-refractivity contribution in [3.05, 3.63) is 123 Å². The average molecular weight is 474 g/mol. The number of halogens is 1. The van der Waals surface area contributed by atoms with Gasteiger partial charge in [-0.1, -0.05) is 79.4 Å². The van der Waals surface area contributed by atoms with Gasteiger partial charge in [-0.15, -0.1) is 11.3 Å². The highest BCUT2D eigenvalue weighted by Gasteiger charge is 2.30. The third-order valence-electron chi connectivity index (χ3n) is 5.95. The summed E-state index contributed by atoms with van der Waals surface area (Å²) in [7, 11) is 0. The van der Waals surface area contributed by atoms with E-state index in [0.29, 0.717) is 6.54 Å². The van der Waals surface area contributed by atoms with Gasteiger partial charge in [-0.25, -0.2) is 0 Å². The van der Waals surface area contributed by atoms with E-state index in [-0.39, 0.29) is 5.92 Å². The summed E-state index contributed by atoms with van der Waals surface area (Å²) in [5.74, 6) is 0.141. The molecule has 0 saturated carbocycles. The normalized spacial score (nSPS) is 16.4. The summed E-state index contributed by atoms with van der Waals surface area (Å²) in [6.07, 6.45) is 3.72. The van der Waals surface area contributed by atoms with Gasteiger partial charge in [0.2, 0.25) is 0 Å². The predicted molar refractivity (Wildman–Crippen MR) is 143 cm³/mol. The molecule has 0 amide bonds. The lowest BCUT2D eigenvalue weighted by molar-refractivity contribution is 0.319. The van der Waals surface area contributed by atoms with Crippen LogP contribution < -0.4 is 5.73 Å². The van der Waals surface area contributed by atoms with E-state index in [1.54, 1.807) is 11.3 Å². The monoisotopic (exact) mass is 473 g/mol.